The summed E-state index contributed by atoms with van der Waals surface area (Å²) in [6, 6.07) is 10.6. The highest BCUT2D eigenvalue weighted by Crippen LogP contribution is 2.24. The molecule has 0 aromatic heterocycles. The summed E-state index contributed by atoms with van der Waals surface area (Å²) < 4.78 is 14.0. The molecule has 100 valence electrons. The molecular formula is C16H17ClFN. The first-order valence-corrected chi connectivity index (χ1v) is 6.62. The Morgan fingerprint density at radius 1 is 1.16 bits per heavy atom. The fourth-order valence-electron chi connectivity index (χ4n) is 2.37. The van der Waals surface area contributed by atoms with E-state index in [4.69, 9.17) is 17.3 Å². The summed E-state index contributed by atoms with van der Waals surface area (Å²) in [6.45, 7) is 3.78. The third-order valence-electron chi connectivity index (χ3n) is 3.22. The molecule has 0 heterocycles. The summed E-state index contributed by atoms with van der Waals surface area (Å²) in [5, 5.41) is 0.690. The summed E-state index contributed by atoms with van der Waals surface area (Å²) in [5.74, 6) is -0.223. The van der Waals surface area contributed by atoms with Crippen molar-refractivity contribution >= 4 is 11.6 Å². The van der Waals surface area contributed by atoms with Crippen molar-refractivity contribution in [1.82, 2.24) is 0 Å². The molecule has 0 spiro atoms. The number of hydrogen-bond acceptors (Lipinski definition) is 1. The topological polar surface area (TPSA) is 26.0 Å². The number of rotatable bonds is 3. The molecule has 0 aliphatic carbocycles. The molecule has 0 saturated carbocycles. The van der Waals surface area contributed by atoms with Crippen molar-refractivity contribution in [3.63, 3.8) is 0 Å². The first-order chi connectivity index (χ1) is 8.97. The van der Waals surface area contributed by atoms with Crippen molar-refractivity contribution in [3.8, 4) is 0 Å². The Kier molecular flexibility index (Phi) is 4.23. The average Bonchev–Trinajstić information content (AvgIpc) is 2.30. The predicted molar refractivity (Wildman–Crippen MR) is 78.0 cm³/mol. The highest BCUT2D eigenvalue weighted by molar-refractivity contribution is 6.30. The lowest BCUT2D eigenvalue weighted by atomic mass is 9.94. The van der Waals surface area contributed by atoms with Crippen LogP contribution < -0.4 is 5.73 Å². The molecule has 0 aliphatic rings. The molecule has 2 rings (SSSR count). The largest absolute Gasteiger partial charge is 0.324 e. The zero-order valence-electron chi connectivity index (χ0n) is 11.1. The van der Waals surface area contributed by atoms with E-state index in [1.165, 1.54) is 6.07 Å². The maximum absolute atomic E-state index is 14.0. The van der Waals surface area contributed by atoms with Crippen LogP contribution in [0.15, 0.2) is 36.4 Å². The van der Waals surface area contributed by atoms with Crippen LogP contribution in [0.4, 0.5) is 4.39 Å². The smallest absolute Gasteiger partial charge is 0.128 e. The second kappa shape index (κ2) is 5.72. The normalized spacial score (nSPS) is 12.5. The van der Waals surface area contributed by atoms with Gasteiger partial charge >= 0.3 is 0 Å². The second-order valence-corrected chi connectivity index (χ2v) is 5.35. The van der Waals surface area contributed by atoms with Gasteiger partial charge in [0, 0.05) is 16.6 Å². The first kappa shape index (κ1) is 14.0. The number of nitrogens with two attached hydrogens (primary N) is 1. The van der Waals surface area contributed by atoms with Gasteiger partial charge in [-0.05, 0) is 55.2 Å². The van der Waals surface area contributed by atoms with Crippen LogP contribution in [0.5, 0.6) is 0 Å². The fourth-order valence-corrected chi connectivity index (χ4v) is 2.50. The van der Waals surface area contributed by atoms with Crippen LogP contribution in [0.1, 0.15) is 28.3 Å². The minimum atomic E-state index is -0.346. The van der Waals surface area contributed by atoms with Gasteiger partial charge in [-0.3, -0.25) is 0 Å². The van der Waals surface area contributed by atoms with Gasteiger partial charge in [-0.15, -0.1) is 0 Å². The zero-order valence-corrected chi connectivity index (χ0v) is 11.8. The van der Waals surface area contributed by atoms with E-state index in [0.717, 1.165) is 16.7 Å². The number of halogens is 2. The van der Waals surface area contributed by atoms with Gasteiger partial charge in [0.2, 0.25) is 0 Å². The van der Waals surface area contributed by atoms with Gasteiger partial charge in [-0.2, -0.15) is 0 Å². The van der Waals surface area contributed by atoms with E-state index in [9.17, 15) is 4.39 Å². The quantitative estimate of drug-likeness (QED) is 0.887. The maximum Gasteiger partial charge on any atom is 0.128 e. The monoisotopic (exact) mass is 277 g/mol. The van der Waals surface area contributed by atoms with Gasteiger partial charge in [0.1, 0.15) is 5.82 Å². The van der Waals surface area contributed by atoms with Gasteiger partial charge in [0.25, 0.3) is 0 Å². The molecule has 2 aromatic rings. The predicted octanol–water partition coefficient (Wildman–Crippen LogP) is 4.34. The van der Waals surface area contributed by atoms with Crippen LogP contribution in [0.2, 0.25) is 5.02 Å². The molecule has 1 nitrogen and oxygen atoms in total. The van der Waals surface area contributed by atoms with Crippen LogP contribution in [-0.2, 0) is 6.42 Å². The van der Waals surface area contributed by atoms with Crippen molar-refractivity contribution in [3.05, 3.63) is 69.5 Å². The molecule has 0 radical (unpaired) electrons. The van der Waals surface area contributed by atoms with E-state index < -0.39 is 0 Å². The Labute approximate surface area is 118 Å². The van der Waals surface area contributed by atoms with E-state index in [2.05, 4.69) is 0 Å². The third-order valence-corrected chi connectivity index (χ3v) is 3.47. The van der Waals surface area contributed by atoms with Crippen molar-refractivity contribution in [1.29, 1.82) is 0 Å². The summed E-state index contributed by atoms with van der Waals surface area (Å²) in [6.07, 6.45) is 0.595. The molecular weight excluding hydrogens is 261 g/mol. The van der Waals surface area contributed by atoms with Gasteiger partial charge in [0.05, 0.1) is 0 Å². The summed E-state index contributed by atoms with van der Waals surface area (Å²) >= 11 is 5.84. The molecule has 0 bridgehead atoms. The summed E-state index contributed by atoms with van der Waals surface area (Å²) in [4.78, 5) is 0. The number of hydrogen-bond donors (Lipinski definition) is 1. The molecule has 19 heavy (non-hydrogen) atoms. The highest BCUT2D eigenvalue weighted by atomic mass is 35.5. The Bertz CT molecular complexity index is 555. The van der Waals surface area contributed by atoms with E-state index in [0.29, 0.717) is 17.0 Å². The second-order valence-electron chi connectivity index (χ2n) is 4.91. The maximum atomic E-state index is 14.0. The zero-order chi connectivity index (χ0) is 14.0. The molecule has 0 aliphatic heterocycles. The lowest BCUT2D eigenvalue weighted by Crippen LogP contribution is -2.16. The Morgan fingerprint density at radius 3 is 2.37 bits per heavy atom. The SMILES string of the molecule is Cc1cc(C)c(C(N)Cc2ccc(Cl)cc2)c(F)c1. The van der Waals surface area contributed by atoms with Gasteiger partial charge < -0.3 is 5.73 Å². The minimum Gasteiger partial charge on any atom is -0.324 e. The molecule has 1 unspecified atom stereocenters. The van der Waals surface area contributed by atoms with E-state index >= 15 is 0 Å². The summed E-state index contributed by atoms with van der Waals surface area (Å²) in [7, 11) is 0. The lowest BCUT2D eigenvalue weighted by Gasteiger charge is -2.16. The van der Waals surface area contributed by atoms with E-state index in [-0.39, 0.29) is 11.9 Å². The van der Waals surface area contributed by atoms with Gasteiger partial charge in [0.15, 0.2) is 0 Å². The van der Waals surface area contributed by atoms with Gasteiger partial charge in [-0.1, -0.05) is 29.8 Å². The first-order valence-electron chi connectivity index (χ1n) is 6.24. The van der Waals surface area contributed by atoms with Crippen molar-refractivity contribution in [2.75, 3.05) is 0 Å². The van der Waals surface area contributed by atoms with Crippen LogP contribution in [0.3, 0.4) is 0 Å². The fraction of sp³-hybridized carbons (Fsp3) is 0.250. The average molecular weight is 278 g/mol. The lowest BCUT2D eigenvalue weighted by molar-refractivity contribution is 0.576. The molecule has 2 aromatic carbocycles. The van der Waals surface area contributed by atoms with Crippen LogP contribution >= 0.6 is 11.6 Å². The Morgan fingerprint density at radius 2 is 1.79 bits per heavy atom. The van der Waals surface area contributed by atoms with Crippen molar-refractivity contribution in [2.24, 2.45) is 5.73 Å². The minimum absolute atomic E-state index is 0.223. The summed E-state index contributed by atoms with van der Waals surface area (Å²) in [5.41, 5.74) is 9.61. The van der Waals surface area contributed by atoms with E-state index in [1.54, 1.807) is 0 Å². The van der Waals surface area contributed by atoms with Crippen LogP contribution in [0, 0.1) is 19.7 Å². The standard InChI is InChI=1S/C16H17ClFN/c1-10-7-11(2)16(14(18)8-10)15(19)9-12-3-5-13(17)6-4-12/h3-8,15H,9,19H2,1-2H3. The number of aryl methyl sites for hydroxylation is 2. The Balaban J connectivity index is 2.25. The van der Waals surface area contributed by atoms with E-state index in [1.807, 2.05) is 44.2 Å². The van der Waals surface area contributed by atoms with Crippen LogP contribution in [-0.4, -0.2) is 0 Å². The number of benzene rings is 2. The molecule has 0 saturated heterocycles. The van der Waals surface area contributed by atoms with Crippen LogP contribution in [0.25, 0.3) is 0 Å². The highest BCUT2D eigenvalue weighted by Gasteiger charge is 2.15. The molecule has 0 fully saturated rings. The van der Waals surface area contributed by atoms with Gasteiger partial charge in [-0.25, -0.2) is 4.39 Å². The molecule has 0 amide bonds. The van der Waals surface area contributed by atoms with Crippen molar-refractivity contribution < 1.29 is 4.39 Å². The molecule has 1 atom stereocenters. The Hall–Kier alpha value is -1.38. The molecule has 2 N–H and O–H groups in total. The third kappa shape index (κ3) is 3.34. The molecule has 3 heteroatoms. The van der Waals surface area contributed by atoms with Crippen molar-refractivity contribution in [2.45, 2.75) is 26.3 Å².